The molecule has 4 heterocycles. The van der Waals surface area contributed by atoms with Gasteiger partial charge in [0.2, 0.25) is 5.95 Å². The summed E-state index contributed by atoms with van der Waals surface area (Å²) in [5.74, 6) is 1.82. The summed E-state index contributed by atoms with van der Waals surface area (Å²) in [4.78, 5) is 15.9. The number of fused-ring (bicyclic) bond motifs is 15. The normalized spacial score (nSPS) is 12.1. The Morgan fingerprint density at radius 1 is 0.261 bits per heavy atom. The molecule has 0 saturated heterocycles. The van der Waals surface area contributed by atoms with Crippen LogP contribution in [0.5, 0.6) is 0 Å². The van der Waals surface area contributed by atoms with Crippen LogP contribution in [0.2, 0.25) is 0 Å². The van der Waals surface area contributed by atoms with Gasteiger partial charge in [0, 0.05) is 58.5 Å². The maximum absolute atomic E-state index is 5.39. The van der Waals surface area contributed by atoms with Crippen LogP contribution in [-0.4, -0.2) is 24.1 Å². The van der Waals surface area contributed by atoms with E-state index in [9.17, 15) is 0 Å². The van der Waals surface area contributed by atoms with E-state index in [0.717, 1.165) is 55.2 Å². The van der Waals surface area contributed by atoms with Crippen molar-refractivity contribution in [2.45, 2.75) is 0 Å². The van der Waals surface area contributed by atoms with Crippen molar-refractivity contribution in [1.29, 1.82) is 0 Å². The molecule has 0 unspecified atom stereocenters. The molecule has 11 aromatic carbocycles. The Morgan fingerprint density at radius 2 is 0.768 bits per heavy atom. The lowest BCUT2D eigenvalue weighted by Gasteiger charge is -2.14. The number of hydrogen-bond donors (Lipinski definition) is 0. The molecule has 0 N–H and O–H groups in total. The summed E-state index contributed by atoms with van der Waals surface area (Å²) in [6.07, 6.45) is 0. The summed E-state index contributed by atoms with van der Waals surface area (Å²) < 4.78 is 7.17. The van der Waals surface area contributed by atoms with Gasteiger partial charge < -0.3 is 4.57 Å². The molecule has 6 heteroatoms. The summed E-state index contributed by atoms with van der Waals surface area (Å²) in [7, 11) is 0. The zero-order valence-electron chi connectivity index (χ0n) is 37.0. The van der Waals surface area contributed by atoms with Gasteiger partial charge in [0.05, 0.1) is 22.1 Å². The Bertz CT molecular complexity index is 4580. The molecular weight excluding hydrogens is 859 g/mol. The largest absolute Gasteiger partial charge is 0.309 e. The fourth-order valence-corrected chi connectivity index (χ4v) is 12.1. The Hall–Kier alpha value is -8.97. The van der Waals surface area contributed by atoms with Crippen molar-refractivity contribution < 1.29 is 0 Å². The number of hydrogen-bond acceptors (Lipinski definition) is 4. The van der Waals surface area contributed by atoms with E-state index < -0.39 is 0 Å². The molecule has 15 rings (SSSR count). The van der Waals surface area contributed by atoms with E-state index in [1.165, 1.54) is 68.8 Å². The Labute approximate surface area is 399 Å². The van der Waals surface area contributed by atoms with E-state index in [2.05, 4.69) is 215 Å². The SMILES string of the molecule is c1ccc(-c2nc(-c3ccc4sc5ccccc5c4c3)nc(-n3c4ccccc4c4cc5c6ccccc6n(-c6cccc(-c7ccc8c9ccccc9c9ccccc9c8c7)c6)c5cc43)n2)cc1. The average molecular weight is 896 g/mol. The van der Waals surface area contributed by atoms with E-state index in [-0.39, 0.29) is 0 Å². The van der Waals surface area contributed by atoms with Crippen LogP contribution in [0.25, 0.3) is 142 Å². The number of thiophene rings is 1. The number of aromatic nitrogens is 5. The number of benzene rings is 11. The molecule has 5 nitrogen and oxygen atoms in total. The Kier molecular flexibility index (Phi) is 8.17. The van der Waals surface area contributed by atoms with Crippen LogP contribution in [0, 0.1) is 0 Å². The molecule has 15 aromatic rings. The van der Waals surface area contributed by atoms with Crippen molar-refractivity contribution >= 4 is 107 Å². The van der Waals surface area contributed by atoms with E-state index >= 15 is 0 Å². The van der Waals surface area contributed by atoms with Crippen molar-refractivity contribution in [1.82, 2.24) is 24.1 Å². The van der Waals surface area contributed by atoms with Crippen molar-refractivity contribution in [3.05, 3.63) is 224 Å². The Morgan fingerprint density at radius 3 is 1.49 bits per heavy atom. The zero-order valence-corrected chi connectivity index (χ0v) is 37.8. The molecule has 69 heavy (non-hydrogen) atoms. The number of para-hydroxylation sites is 2. The van der Waals surface area contributed by atoms with Crippen molar-refractivity contribution in [2.75, 3.05) is 0 Å². The smallest absolute Gasteiger partial charge is 0.238 e. The first-order valence-corrected chi connectivity index (χ1v) is 24.2. The van der Waals surface area contributed by atoms with E-state index in [1.807, 2.05) is 29.5 Å². The third-order valence-corrected chi connectivity index (χ3v) is 15.3. The van der Waals surface area contributed by atoms with Gasteiger partial charge in [-0.15, -0.1) is 11.3 Å². The summed E-state index contributed by atoms with van der Waals surface area (Å²) in [6.45, 7) is 0. The lowest BCUT2D eigenvalue weighted by Crippen LogP contribution is -2.06. The number of rotatable bonds is 5. The number of nitrogens with zero attached hydrogens (tertiary/aromatic N) is 5. The predicted molar refractivity (Wildman–Crippen MR) is 290 cm³/mol. The summed E-state index contributed by atoms with van der Waals surface area (Å²) in [5.41, 5.74) is 9.62. The molecule has 4 aromatic heterocycles. The molecule has 0 aliphatic heterocycles. The maximum atomic E-state index is 5.39. The molecule has 0 saturated carbocycles. The molecule has 0 bridgehead atoms. The monoisotopic (exact) mass is 895 g/mol. The third kappa shape index (κ3) is 5.79. The first kappa shape index (κ1) is 38.2. The molecule has 320 valence electrons. The van der Waals surface area contributed by atoms with Crippen molar-refractivity contribution in [2.24, 2.45) is 0 Å². The fourth-order valence-electron chi connectivity index (χ4n) is 11.0. The minimum atomic E-state index is 0.570. The second-order valence-corrected chi connectivity index (χ2v) is 19.0. The summed E-state index contributed by atoms with van der Waals surface area (Å²) in [5, 5.41) is 14.7. The highest BCUT2D eigenvalue weighted by atomic mass is 32.1. The van der Waals surface area contributed by atoms with E-state index in [1.54, 1.807) is 0 Å². The molecule has 0 amide bonds. The maximum Gasteiger partial charge on any atom is 0.238 e. The minimum absolute atomic E-state index is 0.570. The molecule has 0 atom stereocenters. The quantitative estimate of drug-likeness (QED) is 0.162. The van der Waals surface area contributed by atoms with Gasteiger partial charge in [-0.25, -0.2) is 4.98 Å². The third-order valence-electron chi connectivity index (χ3n) is 14.1. The van der Waals surface area contributed by atoms with Gasteiger partial charge in [0.1, 0.15) is 0 Å². The highest BCUT2D eigenvalue weighted by Gasteiger charge is 2.22. The Balaban J connectivity index is 0.955. The van der Waals surface area contributed by atoms with Crippen molar-refractivity contribution in [3.8, 4) is 45.5 Å². The zero-order chi connectivity index (χ0) is 45.2. The minimum Gasteiger partial charge on any atom is -0.309 e. The molecular formula is C63H37N5S. The topological polar surface area (TPSA) is 48.5 Å². The van der Waals surface area contributed by atoms with Gasteiger partial charge in [0.15, 0.2) is 11.6 Å². The average Bonchev–Trinajstić information content (AvgIpc) is 4.07. The van der Waals surface area contributed by atoms with Crippen LogP contribution in [0.15, 0.2) is 224 Å². The van der Waals surface area contributed by atoms with Crippen LogP contribution in [-0.2, 0) is 0 Å². The second kappa shape index (κ2) is 14.8. The van der Waals surface area contributed by atoms with Crippen LogP contribution in [0.3, 0.4) is 0 Å². The molecule has 0 radical (unpaired) electrons. The van der Waals surface area contributed by atoms with Crippen molar-refractivity contribution in [3.63, 3.8) is 0 Å². The highest BCUT2D eigenvalue weighted by molar-refractivity contribution is 7.25. The summed E-state index contributed by atoms with van der Waals surface area (Å²) >= 11 is 1.81. The van der Waals surface area contributed by atoms with E-state index in [0.29, 0.717) is 17.6 Å². The molecule has 0 aliphatic carbocycles. The van der Waals surface area contributed by atoms with Crippen LogP contribution >= 0.6 is 11.3 Å². The standard InChI is InChI=1S/C63H37N5S/c1-2-15-38(16-3-1)61-64-62(41-30-32-60-54(35-41)50-25-10-13-28-59(50)69-60)66-63(65-61)68-56-27-12-9-24-49(56)53-36-52-48-23-8-11-26-55(48)67(57(52)37-58(53)68)42-18-14-17-39(33-42)40-29-31-47-45-21-5-4-19-43(45)44-20-6-7-22-46(44)51(47)34-40/h1-37H. The van der Waals surface area contributed by atoms with Gasteiger partial charge in [0.25, 0.3) is 0 Å². The lowest BCUT2D eigenvalue weighted by atomic mass is 9.92. The fraction of sp³-hybridized carbons (Fsp3) is 0. The first-order valence-electron chi connectivity index (χ1n) is 23.3. The second-order valence-electron chi connectivity index (χ2n) is 18.0. The van der Waals surface area contributed by atoms with Crippen LogP contribution in [0.1, 0.15) is 0 Å². The lowest BCUT2D eigenvalue weighted by molar-refractivity contribution is 0.954. The van der Waals surface area contributed by atoms with Gasteiger partial charge in [-0.3, -0.25) is 4.57 Å². The molecule has 0 spiro atoms. The van der Waals surface area contributed by atoms with Gasteiger partial charge in [-0.05, 0) is 110 Å². The predicted octanol–water partition coefficient (Wildman–Crippen LogP) is 16.9. The van der Waals surface area contributed by atoms with Crippen LogP contribution < -0.4 is 0 Å². The molecule has 0 aliphatic rings. The molecule has 0 fully saturated rings. The summed E-state index contributed by atoms with van der Waals surface area (Å²) in [6, 6.07) is 81.1. The van der Waals surface area contributed by atoms with Gasteiger partial charge in [-0.1, -0.05) is 158 Å². The van der Waals surface area contributed by atoms with Crippen LogP contribution in [0.4, 0.5) is 0 Å². The van der Waals surface area contributed by atoms with Gasteiger partial charge >= 0.3 is 0 Å². The first-order chi connectivity index (χ1) is 34.2. The highest BCUT2D eigenvalue weighted by Crippen LogP contribution is 2.42. The van der Waals surface area contributed by atoms with E-state index in [4.69, 9.17) is 15.0 Å². The van der Waals surface area contributed by atoms with Gasteiger partial charge in [-0.2, -0.15) is 9.97 Å².